The van der Waals surface area contributed by atoms with Gasteiger partial charge in [-0.3, -0.25) is 4.79 Å². The molecule has 4 nitrogen and oxygen atoms in total. The zero-order chi connectivity index (χ0) is 13.5. The number of benzene rings is 1. The van der Waals surface area contributed by atoms with Crippen LogP contribution in [0, 0.1) is 11.3 Å². The van der Waals surface area contributed by atoms with Crippen LogP contribution in [-0.4, -0.2) is 30.0 Å². The number of carbonyl (C=O) groups excluding carboxylic acids is 1. The highest BCUT2D eigenvalue weighted by Crippen LogP contribution is 2.20. The van der Waals surface area contributed by atoms with Crippen molar-refractivity contribution in [3.05, 3.63) is 29.8 Å². The maximum Gasteiger partial charge on any atom is 0.258 e. The van der Waals surface area contributed by atoms with Crippen LogP contribution >= 0.6 is 0 Å². The average Bonchev–Trinajstić information content (AvgIpc) is 2.36. The lowest BCUT2D eigenvalue weighted by Crippen LogP contribution is -2.37. The third-order valence-electron chi connectivity index (χ3n) is 2.54. The molecule has 0 spiro atoms. The molecule has 0 fully saturated rings. The highest BCUT2D eigenvalue weighted by molar-refractivity contribution is 5.97. The van der Waals surface area contributed by atoms with Crippen LogP contribution < -0.4 is 4.74 Å². The van der Waals surface area contributed by atoms with Crippen molar-refractivity contribution in [2.24, 2.45) is 0 Å². The first-order valence-corrected chi connectivity index (χ1v) is 6.01. The number of amides is 1. The van der Waals surface area contributed by atoms with Gasteiger partial charge in [0, 0.05) is 6.04 Å². The minimum Gasteiger partial charge on any atom is -0.493 e. The third kappa shape index (κ3) is 3.24. The lowest BCUT2D eigenvalue weighted by Gasteiger charge is -2.24. The van der Waals surface area contributed by atoms with Gasteiger partial charge in [-0.05, 0) is 32.9 Å². The van der Waals surface area contributed by atoms with E-state index in [1.165, 1.54) is 4.90 Å². The normalized spacial score (nSPS) is 9.94. The Balaban J connectivity index is 3.05. The molecule has 0 bridgehead atoms. The smallest absolute Gasteiger partial charge is 0.258 e. The Morgan fingerprint density at radius 2 is 2.11 bits per heavy atom. The summed E-state index contributed by atoms with van der Waals surface area (Å²) in [6, 6.07) is 9.10. The van der Waals surface area contributed by atoms with E-state index in [2.05, 4.69) is 0 Å². The molecular formula is C14H18N2O2. The second kappa shape index (κ2) is 6.65. The SMILES string of the molecule is CCOc1ccccc1C(=O)N(CC#N)C(C)C. The Hall–Kier alpha value is -2.02. The van der Waals surface area contributed by atoms with Crippen molar-refractivity contribution in [3.8, 4) is 11.8 Å². The van der Waals surface area contributed by atoms with E-state index in [-0.39, 0.29) is 18.5 Å². The van der Waals surface area contributed by atoms with Crippen LogP contribution in [-0.2, 0) is 0 Å². The topological polar surface area (TPSA) is 53.3 Å². The molecule has 0 atom stereocenters. The van der Waals surface area contributed by atoms with Gasteiger partial charge in [-0.1, -0.05) is 12.1 Å². The second-order valence-electron chi connectivity index (χ2n) is 4.11. The second-order valence-corrected chi connectivity index (χ2v) is 4.11. The summed E-state index contributed by atoms with van der Waals surface area (Å²) in [7, 11) is 0. The standard InChI is InChI=1S/C14H18N2O2/c1-4-18-13-8-6-5-7-12(13)14(17)16(10-9-15)11(2)3/h5-8,11H,4,10H2,1-3H3. The van der Waals surface area contributed by atoms with Crippen molar-refractivity contribution in [2.45, 2.75) is 26.8 Å². The molecule has 0 saturated heterocycles. The minimum absolute atomic E-state index is 0.0215. The van der Waals surface area contributed by atoms with E-state index in [1.54, 1.807) is 18.2 Å². The summed E-state index contributed by atoms with van der Waals surface area (Å²) in [6.07, 6.45) is 0. The Morgan fingerprint density at radius 3 is 2.67 bits per heavy atom. The van der Waals surface area contributed by atoms with Gasteiger partial charge in [0.25, 0.3) is 5.91 Å². The van der Waals surface area contributed by atoms with E-state index in [1.807, 2.05) is 32.9 Å². The van der Waals surface area contributed by atoms with Crippen molar-refractivity contribution >= 4 is 5.91 Å². The highest BCUT2D eigenvalue weighted by Gasteiger charge is 2.21. The van der Waals surface area contributed by atoms with Gasteiger partial charge in [0.1, 0.15) is 12.3 Å². The molecule has 0 unspecified atom stereocenters. The molecule has 1 aromatic rings. The molecule has 0 aromatic heterocycles. The van der Waals surface area contributed by atoms with E-state index in [4.69, 9.17) is 10.00 Å². The van der Waals surface area contributed by atoms with Gasteiger partial charge >= 0.3 is 0 Å². The number of carbonyl (C=O) groups is 1. The Morgan fingerprint density at radius 1 is 1.44 bits per heavy atom. The number of nitrogens with zero attached hydrogens (tertiary/aromatic N) is 2. The van der Waals surface area contributed by atoms with Gasteiger partial charge in [0.05, 0.1) is 18.2 Å². The summed E-state index contributed by atoms with van der Waals surface area (Å²) in [6.45, 7) is 6.23. The molecule has 1 aromatic carbocycles. The largest absolute Gasteiger partial charge is 0.493 e. The van der Waals surface area contributed by atoms with E-state index in [0.717, 1.165) is 0 Å². The van der Waals surface area contributed by atoms with Crippen LogP contribution in [0.3, 0.4) is 0 Å². The highest BCUT2D eigenvalue weighted by atomic mass is 16.5. The van der Waals surface area contributed by atoms with Gasteiger partial charge in [-0.25, -0.2) is 0 Å². The van der Waals surface area contributed by atoms with Gasteiger partial charge in [-0.15, -0.1) is 0 Å². The lowest BCUT2D eigenvalue weighted by atomic mass is 10.1. The molecule has 96 valence electrons. The van der Waals surface area contributed by atoms with Crippen LogP contribution in [0.4, 0.5) is 0 Å². The number of hydrogen-bond acceptors (Lipinski definition) is 3. The molecular weight excluding hydrogens is 228 g/mol. The van der Waals surface area contributed by atoms with Gasteiger partial charge in [-0.2, -0.15) is 5.26 Å². The van der Waals surface area contributed by atoms with Crippen LogP contribution in [0.25, 0.3) is 0 Å². The molecule has 0 radical (unpaired) electrons. The number of para-hydroxylation sites is 1. The molecule has 0 N–H and O–H groups in total. The first-order chi connectivity index (χ1) is 8.61. The van der Waals surface area contributed by atoms with Crippen molar-refractivity contribution in [1.82, 2.24) is 4.90 Å². The maximum atomic E-state index is 12.4. The summed E-state index contributed by atoms with van der Waals surface area (Å²) in [5, 5.41) is 8.78. The van der Waals surface area contributed by atoms with Gasteiger partial charge < -0.3 is 9.64 Å². The molecule has 0 aliphatic carbocycles. The van der Waals surface area contributed by atoms with Gasteiger partial charge in [0.15, 0.2) is 0 Å². The zero-order valence-electron chi connectivity index (χ0n) is 11.0. The van der Waals surface area contributed by atoms with E-state index in [9.17, 15) is 4.79 Å². The monoisotopic (exact) mass is 246 g/mol. The third-order valence-corrected chi connectivity index (χ3v) is 2.54. The van der Waals surface area contributed by atoms with Gasteiger partial charge in [0.2, 0.25) is 0 Å². The van der Waals surface area contributed by atoms with E-state index in [0.29, 0.717) is 17.9 Å². The summed E-state index contributed by atoms with van der Waals surface area (Å²) in [5.41, 5.74) is 0.503. The first kappa shape index (κ1) is 14.0. The van der Waals surface area contributed by atoms with Crippen molar-refractivity contribution in [1.29, 1.82) is 5.26 Å². The number of nitriles is 1. The molecule has 1 rings (SSSR count). The minimum atomic E-state index is -0.171. The number of ether oxygens (including phenoxy) is 1. The van der Waals surface area contributed by atoms with Crippen LogP contribution in [0.15, 0.2) is 24.3 Å². The van der Waals surface area contributed by atoms with Crippen LogP contribution in [0.2, 0.25) is 0 Å². The van der Waals surface area contributed by atoms with Crippen molar-refractivity contribution in [2.75, 3.05) is 13.2 Å². The fourth-order valence-corrected chi connectivity index (χ4v) is 1.64. The quantitative estimate of drug-likeness (QED) is 0.750. The van der Waals surface area contributed by atoms with E-state index < -0.39 is 0 Å². The average molecular weight is 246 g/mol. The van der Waals surface area contributed by atoms with Crippen LogP contribution in [0.1, 0.15) is 31.1 Å². The molecule has 1 amide bonds. The fraction of sp³-hybridized carbons (Fsp3) is 0.429. The predicted octanol–water partition coefficient (Wildman–Crippen LogP) is 2.46. The van der Waals surface area contributed by atoms with E-state index >= 15 is 0 Å². The fourth-order valence-electron chi connectivity index (χ4n) is 1.64. The van der Waals surface area contributed by atoms with Crippen molar-refractivity contribution < 1.29 is 9.53 Å². The number of hydrogen-bond donors (Lipinski definition) is 0. The predicted molar refractivity (Wildman–Crippen MR) is 69.4 cm³/mol. The Kier molecular flexibility index (Phi) is 5.19. The Bertz CT molecular complexity index is 449. The first-order valence-electron chi connectivity index (χ1n) is 6.01. The number of rotatable bonds is 5. The summed E-state index contributed by atoms with van der Waals surface area (Å²) >= 11 is 0. The molecule has 0 heterocycles. The van der Waals surface area contributed by atoms with Crippen molar-refractivity contribution in [3.63, 3.8) is 0 Å². The molecule has 0 saturated carbocycles. The molecule has 18 heavy (non-hydrogen) atoms. The molecule has 4 heteroatoms. The Labute approximate surface area is 108 Å². The lowest BCUT2D eigenvalue weighted by molar-refractivity contribution is 0.0727. The maximum absolute atomic E-state index is 12.4. The molecule has 0 aliphatic rings. The zero-order valence-corrected chi connectivity index (χ0v) is 11.0. The summed E-state index contributed by atoms with van der Waals surface area (Å²) in [4.78, 5) is 13.9. The van der Waals surface area contributed by atoms with Crippen LogP contribution in [0.5, 0.6) is 5.75 Å². The molecule has 0 aliphatic heterocycles. The summed E-state index contributed by atoms with van der Waals surface area (Å²) in [5.74, 6) is 0.393. The summed E-state index contributed by atoms with van der Waals surface area (Å²) < 4.78 is 5.44.